The number of carbonyl (C=O) groups excluding carboxylic acids is 1. The minimum atomic E-state index is -3.77. The minimum absolute atomic E-state index is 0.207. The first-order valence-electron chi connectivity index (χ1n) is 7.52. The Morgan fingerprint density at radius 1 is 1.15 bits per heavy atom. The molecule has 0 unspecified atom stereocenters. The van der Waals surface area contributed by atoms with Gasteiger partial charge in [-0.1, -0.05) is 29.3 Å². The van der Waals surface area contributed by atoms with E-state index < -0.39 is 22.0 Å². The first-order chi connectivity index (χ1) is 12.1. The molecule has 0 saturated heterocycles. The van der Waals surface area contributed by atoms with Gasteiger partial charge in [0, 0.05) is 21.8 Å². The summed E-state index contributed by atoms with van der Waals surface area (Å²) in [5.41, 5.74) is 0.692. The Morgan fingerprint density at radius 2 is 1.77 bits per heavy atom. The normalized spacial score (nSPS) is 12.3. The predicted octanol–water partition coefficient (Wildman–Crippen LogP) is 3.80. The molecule has 1 atom stereocenters. The molecule has 0 heterocycles. The molecule has 0 aliphatic carbocycles. The van der Waals surface area contributed by atoms with Crippen molar-refractivity contribution < 1.29 is 17.9 Å². The van der Waals surface area contributed by atoms with Crippen LogP contribution < -0.4 is 14.4 Å². The molecule has 2 aromatic carbocycles. The standard InChI is InChI=1S/C17H18Cl2N2O4S/c1-11(17(22)20-14-5-4-6-16(10-14)25-2)21(26(3,23)24)15-8-12(18)7-13(19)9-15/h4-11H,1-3H3,(H,20,22)/t11-/m1/s1. The Balaban J connectivity index is 2.34. The van der Waals surface area contributed by atoms with E-state index in [1.54, 1.807) is 24.3 Å². The molecule has 0 bridgehead atoms. The van der Waals surface area contributed by atoms with Gasteiger partial charge in [-0.05, 0) is 37.3 Å². The van der Waals surface area contributed by atoms with Gasteiger partial charge in [-0.3, -0.25) is 9.10 Å². The molecule has 9 heteroatoms. The van der Waals surface area contributed by atoms with Crippen LogP contribution in [-0.2, 0) is 14.8 Å². The van der Waals surface area contributed by atoms with Gasteiger partial charge in [0.15, 0.2) is 0 Å². The molecule has 6 nitrogen and oxygen atoms in total. The Bertz CT molecular complexity index is 898. The molecule has 0 fully saturated rings. The quantitative estimate of drug-likeness (QED) is 0.776. The lowest BCUT2D eigenvalue weighted by Crippen LogP contribution is -2.45. The number of hydrogen-bond donors (Lipinski definition) is 1. The average molecular weight is 417 g/mol. The number of anilines is 2. The van der Waals surface area contributed by atoms with Crippen molar-refractivity contribution in [3.8, 4) is 5.75 Å². The summed E-state index contributed by atoms with van der Waals surface area (Å²) in [5, 5.41) is 3.21. The maximum atomic E-state index is 12.6. The van der Waals surface area contributed by atoms with E-state index in [0.29, 0.717) is 11.4 Å². The van der Waals surface area contributed by atoms with Crippen molar-refractivity contribution in [2.45, 2.75) is 13.0 Å². The van der Waals surface area contributed by atoms with E-state index in [2.05, 4.69) is 5.32 Å². The van der Waals surface area contributed by atoms with Crippen LogP contribution in [-0.4, -0.2) is 33.7 Å². The Kier molecular flexibility index (Phi) is 6.39. The molecular weight excluding hydrogens is 399 g/mol. The first-order valence-corrected chi connectivity index (χ1v) is 10.1. The number of nitrogens with one attached hydrogen (secondary N) is 1. The molecule has 26 heavy (non-hydrogen) atoms. The zero-order valence-corrected chi connectivity index (χ0v) is 16.7. The summed E-state index contributed by atoms with van der Waals surface area (Å²) in [4.78, 5) is 12.6. The van der Waals surface area contributed by atoms with Crippen LogP contribution in [0.2, 0.25) is 10.0 Å². The highest BCUT2D eigenvalue weighted by molar-refractivity contribution is 7.92. The lowest BCUT2D eigenvalue weighted by atomic mass is 10.2. The van der Waals surface area contributed by atoms with E-state index in [4.69, 9.17) is 27.9 Å². The summed E-state index contributed by atoms with van der Waals surface area (Å²) in [6, 6.07) is 10.1. The fourth-order valence-corrected chi connectivity index (χ4v) is 4.10. The van der Waals surface area contributed by atoms with Crippen molar-refractivity contribution in [2.24, 2.45) is 0 Å². The lowest BCUT2D eigenvalue weighted by Gasteiger charge is -2.28. The van der Waals surface area contributed by atoms with Crippen molar-refractivity contribution in [1.29, 1.82) is 0 Å². The molecule has 140 valence electrons. The second-order valence-electron chi connectivity index (χ2n) is 5.58. The van der Waals surface area contributed by atoms with Crippen molar-refractivity contribution >= 4 is 50.5 Å². The topological polar surface area (TPSA) is 75.7 Å². The van der Waals surface area contributed by atoms with E-state index >= 15 is 0 Å². The van der Waals surface area contributed by atoms with Gasteiger partial charge in [0.05, 0.1) is 19.1 Å². The third-order valence-corrected chi connectivity index (χ3v) is 5.21. The summed E-state index contributed by atoms with van der Waals surface area (Å²) in [6.07, 6.45) is 1.01. The molecule has 0 radical (unpaired) electrons. The Morgan fingerprint density at radius 3 is 2.31 bits per heavy atom. The highest BCUT2D eigenvalue weighted by Crippen LogP contribution is 2.29. The van der Waals surface area contributed by atoms with Crippen LogP contribution in [0.5, 0.6) is 5.75 Å². The van der Waals surface area contributed by atoms with Crippen LogP contribution >= 0.6 is 23.2 Å². The average Bonchev–Trinajstić information content (AvgIpc) is 2.52. The number of benzene rings is 2. The summed E-state index contributed by atoms with van der Waals surface area (Å²) < 4.78 is 30.7. The SMILES string of the molecule is COc1cccc(NC(=O)[C@@H](C)N(c2cc(Cl)cc(Cl)c2)S(C)(=O)=O)c1. The Hall–Kier alpha value is -1.96. The highest BCUT2D eigenvalue weighted by atomic mass is 35.5. The molecule has 0 aliphatic heterocycles. The molecule has 1 N–H and O–H groups in total. The van der Waals surface area contributed by atoms with Gasteiger partial charge in [0.2, 0.25) is 15.9 Å². The summed E-state index contributed by atoms with van der Waals surface area (Å²) in [6.45, 7) is 1.48. The van der Waals surface area contributed by atoms with E-state index in [1.165, 1.54) is 32.2 Å². The zero-order valence-electron chi connectivity index (χ0n) is 14.4. The number of ether oxygens (including phenoxy) is 1. The van der Waals surface area contributed by atoms with Gasteiger partial charge < -0.3 is 10.1 Å². The molecule has 0 spiro atoms. The lowest BCUT2D eigenvalue weighted by molar-refractivity contribution is -0.116. The number of sulfonamides is 1. The van der Waals surface area contributed by atoms with Crippen LogP contribution in [0.15, 0.2) is 42.5 Å². The summed E-state index contributed by atoms with van der Waals surface area (Å²) in [7, 11) is -2.26. The van der Waals surface area contributed by atoms with E-state index in [1.807, 2.05) is 0 Å². The van der Waals surface area contributed by atoms with Crippen molar-refractivity contribution in [3.05, 3.63) is 52.5 Å². The Labute approximate surface area is 162 Å². The fourth-order valence-electron chi connectivity index (χ4n) is 2.42. The number of halogens is 2. The van der Waals surface area contributed by atoms with Crippen LogP contribution in [0.25, 0.3) is 0 Å². The van der Waals surface area contributed by atoms with E-state index in [0.717, 1.165) is 10.6 Å². The zero-order chi connectivity index (χ0) is 19.5. The van der Waals surface area contributed by atoms with Crippen LogP contribution in [0.1, 0.15) is 6.92 Å². The van der Waals surface area contributed by atoms with Gasteiger partial charge in [-0.2, -0.15) is 0 Å². The number of methoxy groups -OCH3 is 1. The fraction of sp³-hybridized carbons (Fsp3) is 0.235. The predicted molar refractivity (Wildman–Crippen MR) is 105 cm³/mol. The van der Waals surface area contributed by atoms with Crippen molar-refractivity contribution in [2.75, 3.05) is 23.0 Å². The van der Waals surface area contributed by atoms with Gasteiger partial charge in [-0.25, -0.2) is 8.42 Å². The van der Waals surface area contributed by atoms with Crippen LogP contribution in [0.3, 0.4) is 0 Å². The second kappa shape index (κ2) is 8.16. The maximum absolute atomic E-state index is 12.6. The number of rotatable bonds is 6. The smallest absolute Gasteiger partial charge is 0.247 e. The monoisotopic (exact) mass is 416 g/mol. The second-order valence-corrected chi connectivity index (χ2v) is 8.32. The highest BCUT2D eigenvalue weighted by Gasteiger charge is 2.29. The van der Waals surface area contributed by atoms with Gasteiger partial charge in [0.25, 0.3) is 0 Å². The minimum Gasteiger partial charge on any atom is -0.497 e. The van der Waals surface area contributed by atoms with Crippen LogP contribution in [0.4, 0.5) is 11.4 Å². The largest absolute Gasteiger partial charge is 0.497 e. The molecule has 0 aromatic heterocycles. The molecule has 2 aromatic rings. The number of hydrogen-bond acceptors (Lipinski definition) is 4. The molecule has 2 rings (SSSR count). The summed E-state index contributed by atoms with van der Waals surface area (Å²) >= 11 is 11.9. The molecule has 0 saturated carbocycles. The number of nitrogens with zero attached hydrogens (tertiary/aromatic N) is 1. The van der Waals surface area contributed by atoms with Crippen LogP contribution in [0, 0.1) is 0 Å². The van der Waals surface area contributed by atoms with Gasteiger partial charge in [-0.15, -0.1) is 0 Å². The van der Waals surface area contributed by atoms with E-state index in [-0.39, 0.29) is 15.7 Å². The number of amides is 1. The summed E-state index contributed by atoms with van der Waals surface area (Å²) in [5.74, 6) is 0.0526. The molecule has 1 amide bonds. The maximum Gasteiger partial charge on any atom is 0.247 e. The van der Waals surface area contributed by atoms with Crippen molar-refractivity contribution in [1.82, 2.24) is 0 Å². The number of carbonyl (C=O) groups is 1. The van der Waals surface area contributed by atoms with E-state index in [9.17, 15) is 13.2 Å². The molecule has 0 aliphatic rings. The van der Waals surface area contributed by atoms with Crippen molar-refractivity contribution in [3.63, 3.8) is 0 Å². The third-order valence-electron chi connectivity index (χ3n) is 3.53. The van der Waals surface area contributed by atoms with Gasteiger partial charge >= 0.3 is 0 Å². The first kappa shape index (κ1) is 20.4. The molecular formula is C17H18Cl2N2O4S. The third kappa shape index (κ3) is 5.03. The van der Waals surface area contributed by atoms with Gasteiger partial charge in [0.1, 0.15) is 11.8 Å².